The summed E-state index contributed by atoms with van der Waals surface area (Å²) in [6.07, 6.45) is 2.97. The largest absolute Gasteiger partial charge is 0.741 e. The Morgan fingerprint density at radius 3 is 2.23 bits per heavy atom. The minimum atomic E-state index is -6.09. The third-order valence-electron chi connectivity index (χ3n) is 3.97. The number of halogens is 3. The lowest BCUT2D eigenvalue weighted by atomic mass is 10.1. The van der Waals surface area contributed by atoms with Crippen molar-refractivity contribution in [1.82, 2.24) is 0 Å². The van der Waals surface area contributed by atoms with Gasteiger partial charge in [0.1, 0.15) is 18.7 Å². The van der Waals surface area contributed by atoms with E-state index in [1.807, 2.05) is 7.11 Å². The highest BCUT2D eigenvalue weighted by Crippen LogP contribution is 2.28. The van der Waals surface area contributed by atoms with Gasteiger partial charge < -0.3 is 18.5 Å². The minimum Gasteiger partial charge on any atom is -0.741 e. The molecular weight excluding hydrogens is 327 g/mol. The quantitative estimate of drug-likeness (QED) is 0.424. The molecule has 0 bridgehead atoms. The van der Waals surface area contributed by atoms with Crippen molar-refractivity contribution in [2.24, 2.45) is 0 Å². The van der Waals surface area contributed by atoms with Gasteiger partial charge in [-0.3, -0.25) is 0 Å². The summed E-state index contributed by atoms with van der Waals surface area (Å²) >= 11 is 0. The lowest BCUT2D eigenvalue weighted by Gasteiger charge is -2.38. The number of likely N-dealkylation sites (tertiary alicyclic amines) is 1. The molecule has 0 N–H and O–H groups in total. The van der Waals surface area contributed by atoms with E-state index in [9.17, 15) is 13.2 Å². The second-order valence-electron chi connectivity index (χ2n) is 5.47. The van der Waals surface area contributed by atoms with Crippen LogP contribution in [0.5, 0.6) is 0 Å². The third kappa shape index (κ3) is 6.37. The van der Waals surface area contributed by atoms with Crippen LogP contribution in [0, 0.1) is 0 Å². The maximum Gasteiger partial charge on any atom is 0.485 e. The van der Waals surface area contributed by atoms with Gasteiger partial charge in [-0.15, -0.1) is 0 Å². The van der Waals surface area contributed by atoms with E-state index in [1.54, 1.807) is 7.11 Å². The Balaban J connectivity index is 0.000000472. The van der Waals surface area contributed by atoms with Gasteiger partial charge in [0, 0.05) is 27.1 Å². The van der Waals surface area contributed by atoms with E-state index >= 15 is 0 Å². The van der Waals surface area contributed by atoms with Crippen molar-refractivity contribution in [1.29, 1.82) is 0 Å². The van der Waals surface area contributed by atoms with E-state index in [1.165, 1.54) is 19.4 Å². The van der Waals surface area contributed by atoms with Crippen LogP contribution in [0.3, 0.4) is 0 Å². The van der Waals surface area contributed by atoms with Crippen molar-refractivity contribution < 1.29 is 40.1 Å². The van der Waals surface area contributed by atoms with E-state index in [2.05, 4.69) is 14.0 Å². The van der Waals surface area contributed by atoms with Gasteiger partial charge in [-0.1, -0.05) is 0 Å². The molecule has 0 aromatic rings. The summed E-state index contributed by atoms with van der Waals surface area (Å²) in [7, 11) is -0.181. The Kier molecular flexibility index (Phi) is 8.28. The number of nitrogens with zero attached hydrogens (tertiary/aromatic N) is 1. The molecular formula is C12H24F3NO5S. The van der Waals surface area contributed by atoms with Crippen molar-refractivity contribution in [3.8, 4) is 0 Å². The van der Waals surface area contributed by atoms with Gasteiger partial charge in [-0.05, 0) is 6.92 Å². The molecule has 0 saturated carbocycles. The van der Waals surface area contributed by atoms with Gasteiger partial charge in [0.25, 0.3) is 0 Å². The first-order chi connectivity index (χ1) is 9.89. The van der Waals surface area contributed by atoms with E-state index in [-0.39, 0.29) is 0 Å². The lowest BCUT2D eigenvalue weighted by molar-refractivity contribution is -0.924. The second kappa shape index (κ2) is 8.44. The molecule has 0 aromatic carbocycles. The van der Waals surface area contributed by atoms with Crippen molar-refractivity contribution in [3.05, 3.63) is 0 Å². The van der Waals surface area contributed by atoms with Crippen LogP contribution in [0.4, 0.5) is 13.2 Å². The van der Waals surface area contributed by atoms with Gasteiger partial charge in [0.2, 0.25) is 0 Å². The molecule has 134 valence electrons. The highest BCUT2D eigenvalue weighted by atomic mass is 32.2. The average Bonchev–Trinajstić information content (AvgIpc) is 2.76. The smallest absolute Gasteiger partial charge is 0.485 e. The third-order valence-corrected chi connectivity index (χ3v) is 4.54. The van der Waals surface area contributed by atoms with Gasteiger partial charge in [-0.2, -0.15) is 13.2 Å². The number of quaternary nitrogens is 1. The summed E-state index contributed by atoms with van der Waals surface area (Å²) in [6, 6.07) is 0.648. The number of methoxy groups -OCH3 is 2. The fourth-order valence-corrected chi connectivity index (χ4v) is 2.62. The van der Waals surface area contributed by atoms with Crippen LogP contribution in [0.25, 0.3) is 0 Å². The lowest BCUT2D eigenvalue weighted by Crippen LogP contribution is -2.54. The predicted molar refractivity (Wildman–Crippen MR) is 73.0 cm³/mol. The first kappa shape index (κ1) is 21.6. The summed E-state index contributed by atoms with van der Waals surface area (Å²) in [4.78, 5) is 0. The van der Waals surface area contributed by atoms with E-state index in [0.29, 0.717) is 12.1 Å². The number of likely N-dealkylation sites (N-methyl/N-ethyl adjacent to an activating group) is 1. The van der Waals surface area contributed by atoms with Crippen molar-refractivity contribution >= 4 is 10.1 Å². The van der Waals surface area contributed by atoms with E-state index in [0.717, 1.165) is 17.6 Å². The molecule has 1 aliphatic rings. The summed E-state index contributed by atoms with van der Waals surface area (Å²) < 4.78 is 70.6. The van der Waals surface area contributed by atoms with E-state index < -0.39 is 15.6 Å². The summed E-state index contributed by atoms with van der Waals surface area (Å²) in [6.45, 7) is 5.40. The zero-order chi connectivity index (χ0) is 17.6. The van der Waals surface area contributed by atoms with Gasteiger partial charge in [0.05, 0.1) is 20.2 Å². The minimum absolute atomic E-state index is 0.361. The van der Waals surface area contributed by atoms with E-state index in [4.69, 9.17) is 22.4 Å². The highest BCUT2D eigenvalue weighted by Gasteiger charge is 2.41. The zero-order valence-corrected chi connectivity index (χ0v) is 14.0. The SMILES string of the molecule is COCC[N+]1(C)CCCC1C(C)OC.O=S(=O)([O-])C(F)(F)F. The molecule has 0 aliphatic carbocycles. The number of alkyl halides is 3. The number of rotatable bonds is 5. The fourth-order valence-electron chi connectivity index (χ4n) is 2.62. The Morgan fingerprint density at radius 1 is 1.36 bits per heavy atom. The van der Waals surface area contributed by atoms with Crippen LogP contribution in [0.2, 0.25) is 0 Å². The second-order valence-corrected chi connectivity index (χ2v) is 6.84. The Bertz CT molecular complexity index is 429. The van der Waals surface area contributed by atoms with Crippen LogP contribution in [0.15, 0.2) is 0 Å². The molecule has 1 saturated heterocycles. The number of hydrogen-bond acceptors (Lipinski definition) is 5. The summed E-state index contributed by atoms with van der Waals surface area (Å²) in [5.41, 5.74) is -5.65. The molecule has 1 heterocycles. The molecule has 0 radical (unpaired) electrons. The predicted octanol–water partition coefficient (Wildman–Crippen LogP) is 1.33. The molecule has 0 amide bonds. The topological polar surface area (TPSA) is 75.7 Å². The summed E-state index contributed by atoms with van der Waals surface area (Å²) in [5, 5.41) is 0. The van der Waals surface area contributed by atoms with Gasteiger partial charge >= 0.3 is 5.51 Å². The molecule has 10 heteroatoms. The normalized spacial score (nSPS) is 27.2. The number of hydrogen-bond donors (Lipinski definition) is 0. The molecule has 1 fully saturated rings. The molecule has 6 nitrogen and oxygen atoms in total. The monoisotopic (exact) mass is 351 g/mol. The van der Waals surface area contributed by atoms with Crippen LogP contribution in [0.1, 0.15) is 19.8 Å². The molecule has 1 aliphatic heterocycles. The molecule has 1 rings (SSSR count). The summed E-state index contributed by atoms with van der Waals surface area (Å²) in [5.74, 6) is 0. The molecule has 22 heavy (non-hydrogen) atoms. The first-order valence-electron chi connectivity index (χ1n) is 6.77. The highest BCUT2D eigenvalue weighted by molar-refractivity contribution is 7.86. The molecule has 3 unspecified atom stereocenters. The number of ether oxygens (including phenoxy) is 2. The van der Waals surface area contributed by atoms with Gasteiger partial charge in [0.15, 0.2) is 10.1 Å². The van der Waals surface area contributed by atoms with Crippen molar-refractivity contribution in [2.75, 3.05) is 41.0 Å². The fraction of sp³-hybridized carbons (Fsp3) is 1.00. The van der Waals surface area contributed by atoms with Crippen molar-refractivity contribution in [3.63, 3.8) is 0 Å². The molecule has 3 atom stereocenters. The van der Waals surface area contributed by atoms with Crippen LogP contribution in [-0.4, -0.2) is 76.1 Å². The first-order valence-corrected chi connectivity index (χ1v) is 8.18. The van der Waals surface area contributed by atoms with Crippen LogP contribution in [-0.2, 0) is 19.6 Å². The van der Waals surface area contributed by atoms with Crippen molar-refractivity contribution in [2.45, 2.75) is 37.4 Å². The average molecular weight is 351 g/mol. The Morgan fingerprint density at radius 2 is 1.86 bits per heavy atom. The maximum absolute atomic E-state index is 10.7. The van der Waals surface area contributed by atoms with Gasteiger partial charge in [-0.25, -0.2) is 8.42 Å². The molecule has 0 aromatic heterocycles. The Labute approximate surface area is 129 Å². The standard InChI is InChI=1S/C11H24NO2.CHF3O3S/c1-10(14-4)11-6-5-7-12(11,2)8-9-13-3;2-1(3,4)8(5,6)7/h10-11H,5-9H2,1-4H3;(H,5,6,7)/q+1;/p-1. The Hall–Kier alpha value is -0.420. The van der Waals surface area contributed by atoms with Crippen LogP contribution >= 0.6 is 0 Å². The molecule has 0 spiro atoms. The van der Waals surface area contributed by atoms with Crippen LogP contribution < -0.4 is 0 Å². The maximum atomic E-state index is 10.7. The zero-order valence-electron chi connectivity index (χ0n) is 13.2.